The predicted molar refractivity (Wildman–Crippen MR) is 72.3 cm³/mol. The smallest absolute Gasteiger partial charge is 0.129 e. The van der Waals surface area contributed by atoms with Gasteiger partial charge in [-0.2, -0.15) is 0 Å². The highest BCUT2D eigenvalue weighted by Gasteiger charge is 2.12. The van der Waals surface area contributed by atoms with Crippen LogP contribution >= 0.6 is 27.5 Å². The Morgan fingerprint density at radius 2 is 2.24 bits per heavy atom. The van der Waals surface area contributed by atoms with Crippen LogP contribution < -0.4 is 0 Å². The van der Waals surface area contributed by atoms with Crippen molar-refractivity contribution < 1.29 is 9.13 Å². The minimum atomic E-state index is -0.262. The SMILES string of the molecule is COCC(Br)CN(C)Cc1c(F)cccc1Cl. The Bertz CT molecular complexity index is 344. The number of benzene rings is 1. The summed E-state index contributed by atoms with van der Waals surface area (Å²) in [6.45, 7) is 1.87. The minimum absolute atomic E-state index is 0.225. The molecule has 0 aliphatic rings. The molecule has 1 unspecified atom stereocenters. The van der Waals surface area contributed by atoms with Crippen molar-refractivity contribution in [3.8, 4) is 0 Å². The van der Waals surface area contributed by atoms with Crippen LogP contribution in [0.15, 0.2) is 18.2 Å². The fraction of sp³-hybridized carbons (Fsp3) is 0.500. The summed E-state index contributed by atoms with van der Waals surface area (Å²) in [5, 5.41) is 0.467. The second kappa shape index (κ2) is 7.31. The summed E-state index contributed by atoms with van der Waals surface area (Å²) in [5.74, 6) is -0.262. The molecule has 0 fully saturated rings. The molecule has 5 heteroatoms. The van der Waals surface area contributed by atoms with Gasteiger partial charge < -0.3 is 9.64 Å². The average molecular weight is 325 g/mol. The second-order valence-electron chi connectivity index (χ2n) is 3.95. The molecular formula is C12H16BrClFNO. The van der Waals surface area contributed by atoms with Gasteiger partial charge in [0.15, 0.2) is 0 Å². The number of halogens is 3. The number of hydrogen-bond acceptors (Lipinski definition) is 2. The van der Waals surface area contributed by atoms with E-state index in [4.69, 9.17) is 16.3 Å². The quantitative estimate of drug-likeness (QED) is 0.744. The molecule has 0 aliphatic heterocycles. The van der Waals surface area contributed by atoms with E-state index in [2.05, 4.69) is 15.9 Å². The minimum Gasteiger partial charge on any atom is -0.383 e. The lowest BCUT2D eigenvalue weighted by molar-refractivity contribution is 0.184. The Balaban J connectivity index is 2.59. The predicted octanol–water partition coefficient (Wildman–Crippen LogP) is 3.32. The highest BCUT2D eigenvalue weighted by Crippen LogP contribution is 2.20. The third-order valence-corrected chi connectivity index (χ3v) is 3.26. The lowest BCUT2D eigenvalue weighted by Crippen LogP contribution is -2.28. The van der Waals surface area contributed by atoms with E-state index in [1.165, 1.54) is 6.07 Å². The molecule has 1 aromatic carbocycles. The lowest BCUT2D eigenvalue weighted by Gasteiger charge is -2.20. The Hall–Kier alpha value is -0.160. The third-order valence-electron chi connectivity index (χ3n) is 2.35. The summed E-state index contributed by atoms with van der Waals surface area (Å²) in [7, 11) is 3.58. The Kier molecular flexibility index (Phi) is 6.41. The van der Waals surface area contributed by atoms with Gasteiger partial charge in [0.2, 0.25) is 0 Å². The van der Waals surface area contributed by atoms with Crippen molar-refractivity contribution in [1.82, 2.24) is 4.90 Å². The normalized spacial score (nSPS) is 13.1. The van der Waals surface area contributed by atoms with Gasteiger partial charge in [-0.15, -0.1) is 0 Å². The van der Waals surface area contributed by atoms with Crippen molar-refractivity contribution in [2.75, 3.05) is 27.3 Å². The average Bonchev–Trinajstić information content (AvgIpc) is 2.24. The van der Waals surface area contributed by atoms with E-state index in [1.807, 2.05) is 11.9 Å². The van der Waals surface area contributed by atoms with E-state index in [1.54, 1.807) is 19.2 Å². The number of alkyl halides is 1. The molecular weight excluding hydrogens is 308 g/mol. The number of ether oxygens (including phenoxy) is 1. The van der Waals surface area contributed by atoms with E-state index in [-0.39, 0.29) is 10.6 Å². The molecule has 0 heterocycles. The van der Waals surface area contributed by atoms with Crippen LogP contribution in [0.25, 0.3) is 0 Å². The maximum absolute atomic E-state index is 13.5. The summed E-state index contributed by atoms with van der Waals surface area (Å²) in [4.78, 5) is 2.23. The summed E-state index contributed by atoms with van der Waals surface area (Å²) in [6.07, 6.45) is 0. The molecule has 17 heavy (non-hydrogen) atoms. The highest BCUT2D eigenvalue weighted by molar-refractivity contribution is 9.09. The van der Waals surface area contributed by atoms with Crippen LogP contribution in [-0.2, 0) is 11.3 Å². The molecule has 0 saturated heterocycles. The first-order valence-electron chi connectivity index (χ1n) is 5.29. The first-order valence-corrected chi connectivity index (χ1v) is 6.58. The zero-order valence-corrected chi connectivity index (χ0v) is 12.3. The van der Waals surface area contributed by atoms with Crippen molar-refractivity contribution in [1.29, 1.82) is 0 Å². The fourth-order valence-corrected chi connectivity index (χ4v) is 2.57. The molecule has 0 spiro atoms. The second-order valence-corrected chi connectivity index (χ2v) is 5.65. The standard InChI is InChI=1S/C12H16BrClFNO/c1-16(6-9(13)8-17-2)7-10-11(14)4-3-5-12(10)15/h3-5,9H,6-8H2,1-2H3. The van der Waals surface area contributed by atoms with Crippen molar-refractivity contribution in [3.63, 3.8) is 0 Å². The largest absolute Gasteiger partial charge is 0.383 e. The zero-order chi connectivity index (χ0) is 12.8. The molecule has 1 rings (SSSR count). The summed E-state index contributed by atoms with van der Waals surface area (Å²) >= 11 is 9.46. The van der Waals surface area contributed by atoms with Gasteiger partial charge in [0.1, 0.15) is 5.82 Å². The van der Waals surface area contributed by atoms with Crippen LogP contribution in [-0.4, -0.2) is 37.0 Å². The van der Waals surface area contributed by atoms with E-state index in [0.717, 1.165) is 6.54 Å². The van der Waals surface area contributed by atoms with E-state index >= 15 is 0 Å². The van der Waals surface area contributed by atoms with Gasteiger partial charge in [-0.1, -0.05) is 33.6 Å². The Labute approximate surface area is 115 Å². The van der Waals surface area contributed by atoms with Crippen LogP contribution in [0, 0.1) is 5.82 Å². The number of hydrogen-bond donors (Lipinski definition) is 0. The molecule has 0 N–H and O–H groups in total. The number of rotatable bonds is 6. The topological polar surface area (TPSA) is 12.5 Å². The van der Waals surface area contributed by atoms with Gasteiger partial charge in [0.05, 0.1) is 11.4 Å². The van der Waals surface area contributed by atoms with Gasteiger partial charge in [0.25, 0.3) is 0 Å². The maximum atomic E-state index is 13.5. The molecule has 0 bridgehead atoms. The highest BCUT2D eigenvalue weighted by atomic mass is 79.9. The monoisotopic (exact) mass is 323 g/mol. The molecule has 0 aromatic heterocycles. The molecule has 0 saturated carbocycles. The Morgan fingerprint density at radius 3 is 2.82 bits per heavy atom. The third kappa shape index (κ3) is 4.92. The fourth-order valence-electron chi connectivity index (χ4n) is 1.59. The maximum Gasteiger partial charge on any atom is 0.129 e. The zero-order valence-electron chi connectivity index (χ0n) is 9.92. The summed E-state index contributed by atoms with van der Waals surface area (Å²) < 4.78 is 18.6. The molecule has 1 aromatic rings. The molecule has 1 atom stereocenters. The van der Waals surface area contributed by atoms with Crippen molar-refractivity contribution in [2.45, 2.75) is 11.4 Å². The molecule has 0 amide bonds. The number of methoxy groups -OCH3 is 1. The first kappa shape index (κ1) is 14.9. The Morgan fingerprint density at radius 1 is 1.53 bits per heavy atom. The summed E-state index contributed by atoms with van der Waals surface area (Å²) in [5.41, 5.74) is 0.536. The number of nitrogens with zero attached hydrogens (tertiary/aromatic N) is 1. The van der Waals surface area contributed by atoms with Crippen LogP contribution in [0.5, 0.6) is 0 Å². The summed E-state index contributed by atoms with van der Waals surface area (Å²) in [6, 6.07) is 4.74. The lowest BCUT2D eigenvalue weighted by atomic mass is 10.2. The van der Waals surface area contributed by atoms with Crippen LogP contribution in [0.1, 0.15) is 5.56 Å². The van der Waals surface area contributed by atoms with Gasteiger partial charge in [0, 0.05) is 30.8 Å². The van der Waals surface area contributed by atoms with Gasteiger partial charge in [-0.05, 0) is 19.2 Å². The van der Waals surface area contributed by atoms with E-state index < -0.39 is 0 Å². The van der Waals surface area contributed by atoms with Crippen LogP contribution in [0.3, 0.4) is 0 Å². The van der Waals surface area contributed by atoms with Gasteiger partial charge >= 0.3 is 0 Å². The van der Waals surface area contributed by atoms with Crippen molar-refractivity contribution >= 4 is 27.5 Å². The van der Waals surface area contributed by atoms with Crippen LogP contribution in [0.2, 0.25) is 5.02 Å². The first-order chi connectivity index (χ1) is 8.04. The van der Waals surface area contributed by atoms with Crippen molar-refractivity contribution in [2.24, 2.45) is 0 Å². The van der Waals surface area contributed by atoms with Gasteiger partial charge in [-0.25, -0.2) is 4.39 Å². The van der Waals surface area contributed by atoms with Crippen LogP contribution in [0.4, 0.5) is 4.39 Å². The molecule has 2 nitrogen and oxygen atoms in total. The molecule has 0 radical (unpaired) electrons. The van der Waals surface area contributed by atoms with Gasteiger partial charge in [-0.3, -0.25) is 0 Å². The van der Waals surface area contributed by atoms with E-state index in [9.17, 15) is 4.39 Å². The molecule has 96 valence electrons. The van der Waals surface area contributed by atoms with Crippen molar-refractivity contribution in [3.05, 3.63) is 34.6 Å². The van der Waals surface area contributed by atoms with E-state index in [0.29, 0.717) is 23.7 Å². The molecule has 0 aliphatic carbocycles.